The number of nitrogen functional groups attached to an aromatic ring is 1. The predicted octanol–water partition coefficient (Wildman–Crippen LogP) is 3.33. The van der Waals surface area contributed by atoms with Crippen LogP contribution in [0.4, 0.5) is 5.82 Å². The van der Waals surface area contributed by atoms with Crippen molar-refractivity contribution >= 4 is 34.9 Å². The maximum atomic E-state index is 12.7. The molecule has 0 aliphatic rings. The van der Waals surface area contributed by atoms with E-state index >= 15 is 0 Å². The van der Waals surface area contributed by atoms with Crippen molar-refractivity contribution < 1.29 is 9.53 Å². The van der Waals surface area contributed by atoms with Crippen LogP contribution in [0.2, 0.25) is 0 Å². The zero-order valence-corrected chi connectivity index (χ0v) is 15.4. The Morgan fingerprint density at radius 2 is 2.08 bits per heavy atom. The highest BCUT2D eigenvalue weighted by atomic mass is 32.2. The van der Waals surface area contributed by atoms with Crippen LogP contribution >= 0.6 is 23.1 Å². The summed E-state index contributed by atoms with van der Waals surface area (Å²) in [4.78, 5) is 12.7. The van der Waals surface area contributed by atoms with Gasteiger partial charge in [-0.15, -0.1) is 10.2 Å². The van der Waals surface area contributed by atoms with Gasteiger partial charge in [0.15, 0.2) is 9.35 Å². The van der Waals surface area contributed by atoms with Crippen LogP contribution in [-0.4, -0.2) is 32.2 Å². The minimum Gasteiger partial charge on any atom is -0.423 e. The SMILES string of the molecule is CCCn1nc(-c2nnc(SC)s2)c(C(=O)Oc2ccccc2)c1N. The third-order valence-corrected chi connectivity index (χ3v) is 5.27. The van der Waals surface area contributed by atoms with Gasteiger partial charge >= 0.3 is 5.97 Å². The molecule has 0 fully saturated rings. The van der Waals surface area contributed by atoms with E-state index in [1.165, 1.54) is 23.1 Å². The summed E-state index contributed by atoms with van der Waals surface area (Å²) in [5.74, 6) is 0.170. The van der Waals surface area contributed by atoms with Crippen LogP contribution in [-0.2, 0) is 6.54 Å². The minimum absolute atomic E-state index is 0.223. The van der Waals surface area contributed by atoms with Crippen molar-refractivity contribution in [3.63, 3.8) is 0 Å². The Kier molecular flexibility index (Phi) is 5.34. The number of carbonyl (C=O) groups is 1. The number of aromatic nitrogens is 4. The molecule has 0 radical (unpaired) electrons. The maximum absolute atomic E-state index is 12.7. The summed E-state index contributed by atoms with van der Waals surface area (Å²) < 4.78 is 7.85. The maximum Gasteiger partial charge on any atom is 0.349 e. The van der Waals surface area contributed by atoms with Gasteiger partial charge in [-0.25, -0.2) is 9.48 Å². The van der Waals surface area contributed by atoms with Gasteiger partial charge in [0.1, 0.15) is 22.8 Å². The van der Waals surface area contributed by atoms with Gasteiger partial charge in [0.2, 0.25) is 0 Å². The molecule has 0 aliphatic heterocycles. The van der Waals surface area contributed by atoms with Gasteiger partial charge in [0, 0.05) is 6.54 Å². The van der Waals surface area contributed by atoms with Crippen LogP contribution in [0.3, 0.4) is 0 Å². The normalized spacial score (nSPS) is 10.8. The molecule has 0 amide bonds. The molecule has 7 nitrogen and oxygen atoms in total. The lowest BCUT2D eigenvalue weighted by molar-refractivity contribution is 0.0736. The highest BCUT2D eigenvalue weighted by Gasteiger charge is 2.27. The van der Waals surface area contributed by atoms with Crippen LogP contribution in [0.5, 0.6) is 5.75 Å². The van der Waals surface area contributed by atoms with E-state index in [1.807, 2.05) is 19.2 Å². The molecular weight excluding hydrogens is 358 g/mol. The van der Waals surface area contributed by atoms with Crippen LogP contribution in [0.15, 0.2) is 34.7 Å². The van der Waals surface area contributed by atoms with Crippen molar-refractivity contribution in [3.05, 3.63) is 35.9 Å². The standard InChI is InChI=1S/C16H17N5O2S2/c1-3-9-21-13(17)11(15(22)23-10-7-5-4-6-8-10)12(20-21)14-18-19-16(24-2)25-14/h4-8H,3,9,17H2,1-2H3. The number of benzene rings is 1. The number of para-hydroxylation sites is 1. The van der Waals surface area contributed by atoms with Gasteiger partial charge in [-0.1, -0.05) is 48.2 Å². The van der Waals surface area contributed by atoms with E-state index in [1.54, 1.807) is 28.9 Å². The predicted molar refractivity (Wildman–Crippen MR) is 99.0 cm³/mol. The summed E-state index contributed by atoms with van der Waals surface area (Å²) in [6, 6.07) is 8.86. The van der Waals surface area contributed by atoms with E-state index in [9.17, 15) is 4.79 Å². The van der Waals surface area contributed by atoms with Crippen molar-refractivity contribution in [1.29, 1.82) is 0 Å². The Balaban J connectivity index is 2.02. The molecule has 9 heteroatoms. The fourth-order valence-corrected chi connectivity index (χ4v) is 3.50. The number of nitrogens with zero attached hydrogens (tertiary/aromatic N) is 4. The van der Waals surface area contributed by atoms with Gasteiger partial charge in [0.25, 0.3) is 0 Å². The quantitative estimate of drug-likeness (QED) is 0.401. The molecule has 0 bridgehead atoms. The lowest BCUT2D eigenvalue weighted by Gasteiger charge is -2.05. The first-order valence-electron chi connectivity index (χ1n) is 7.65. The van der Waals surface area contributed by atoms with Crippen molar-refractivity contribution in [3.8, 4) is 16.5 Å². The van der Waals surface area contributed by atoms with Crippen LogP contribution in [0.1, 0.15) is 23.7 Å². The number of hydrogen-bond donors (Lipinski definition) is 1. The lowest BCUT2D eigenvalue weighted by Crippen LogP contribution is -2.12. The molecule has 3 rings (SSSR count). The number of nitrogens with two attached hydrogens (primary N) is 1. The Hall–Kier alpha value is -2.39. The first kappa shape index (κ1) is 17.4. The summed E-state index contributed by atoms with van der Waals surface area (Å²) in [6.07, 6.45) is 2.75. The number of ether oxygens (including phenoxy) is 1. The second-order valence-electron chi connectivity index (χ2n) is 5.11. The third kappa shape index (κ3) is 3.67. The summed E-state index contributed by atoms with van der Waals surface area (Å²) in [6.45, 7) is 2.62. The summed E-state index contributed by atoms with van der Waals surface area (Å²) in [7, 11) is 0. The molecule has 0 spiro atoms. The monoisotopic (exact) mass is 375 g/mol. The Morgan fingerprint density at radius 1 is 1.32 bits per heavy atom. The van der Waals surface area contributed by atoms with Crippen molar-refractivity contribution in [2.75, 3.05) is 12.0 Å². The van der Waals surface area contributed by atoms with E-state index in [4.69, 9.17) is 10.5 Å². The van der Waals surface area contributed by atoms with E-state index in [0.29, 0.717) is 23.0 Å². The molecule has 1 aromatic carbocycles. The second kappa shape index (κ2) is 7.66. The van der Waals surface area contributed by atoms with Gasteiger partial charge in [0.05, 0.1) is 0 Å². The average Bonchev–Trinajstić information content (AvgIpc) is 3.21. The van der Waals surface area contributed by atoms with Crippen molar-refractivity contribution in [1.82, 2.24) is 20.0 Å². The summed E-state index contributed by atoms with van der Waals surface area (Å²) >= 11 is 2.85. The number of thioether (sulfide) groups is 1. The molecule has 0 unspecified atom stereocenters. The summed E-state index contributed by atoms with van der Waals surface area (Å²) in [5, 5.41) is 13.2. The molecule has 3 aromatic rings. The number of esters is 1. The van der Waals surface area contributed by atoms with E-state index in [-0.39, 0.29) is 11.4 Å². The number of aryl methyl sites for hydroxylation is 1. The molecule has 2 heterocycles. The number of anilines is 1. The van der Waals surface area contributed by atoms with Crippen molar-refractivity contribution in [2.45, 2.75) is 24.2 Å². The van der Waals surface area contributed by atoms with Gasteiger partial charge in [-0.05, 0) is 24.8 Å². The fourth-order valence-electron chi connectivity index (χ4n) is 2.24. The largest absolute Gasteiger partial charge is 0.423 e. The van der Waals surface area contributed by atoms with Crippen LogP contribution in [0, 0.1) is 0 Å². The molecule has 0 atom stereocenters. The molecular formula is C16H17N5O2S2. The number of rotatable bonds is 6. The van der Waals surface area contributed by atoms with Crippen molar-refractivity contribution in [2.24, 2.45) is 0 Å². The lowest BCUT2D eigenvalue weighted by atomic mass is 10.2. The second-order valence-corrected chi connectivity index (χ2v) is 7.14. The molecule has 130 valence electrons. The molecule has 2 aromatic heterocycles. The Bertz CT molecular complexity index is 876. The first-order chi connectivity index (χ1) is 12.1. The molecule has 0 saturated carbocycles. The third-order valence-electron chi connectivity index (χ3n) is 3.37. The molecule has 0 aliphatic carbocycles. The first-order valence-corrected chi connectivity index (χ1v) is 9.69. The van der Waals surface area contributed by atoms with E-state index in [2.05, 4.69) is 15.3 Å². The molecule has 2 N–H and O–H groups in total. The number of carbonyl (C=O) groups excluding carboxylic acids is 1. The van der Waals surface area contributed by atoms with E-state index < -0.39 is 5.97 Å². The zero-order valence-electron chi connectivity index (χ0n) is 13.8. The molecule has 0 saturated heterocycles. The van der Waals surface area contributed by atoms with E-state index in [0.717, 1.165) is 10.8 Å². The summed E-state index contributed by atoms with van der Waals surface area (Å²) in [5.41, 5.74) is 6.80. The number of hydrogen-bond acceptors (Lipinski definition) is 8. The topological polar surface area (TPSA) is 95.9 Å². The van der Waals surface area contributed by atoms with Gasteiger partial charge in [-0.3, -0.25) is 0 Å². The average molecular weight is 375 g/mol. The van der Waals surface area contributed by atoms with Gasteiger partial charge < -0.3 is 10.5 Å². The van der Waals surface area contributed by atoms with Crippen LogP contribution < -0.4 is 10.5 Å². The zero-order chi connectivity index (χ0) is 17.8. The fraction of sp³-hybridized carbons (Fsp3) is 0.250. The smallest absolute Gasteiger partial charge is 0.349 e. The highest BCUT2D eigenvalue weighted by Crippen LogP contribution is 2.33. The van der Waals surface area contributed by atoms with Gasteiger partial charge in [-0.2, -0.15) is 5.10 Å². The Morgan fingerprint density at radius 3 is 2.72 bits per heavy atom. The molecule has 25 heavy (non-hydrogen) atoms. The minimum atomic E-state index is -0.554. The highest BCUT2D eigenvalue weighted by molar-refractivity contribution is 8.00. The van der Waals surface area contributed by atoms with Crippen LogP contribution in [0.25, 0.3) is 10.7 Å². The Labute approximate surface area is 153 Å².